The van der Waals surface area contributed by atoms with Gasteiger partial charge in [0.25, 0.3) is 0 Å². The summed E-state index contributed by atoms with van der Waals surface area (Å²) in [4.78, 5) is 0. The standard InChI is InChI=1S/C21H44O3/c1-4-16-23-19-11-8-14-21(13-7-10-18-22-6-3)15-9-12-20-24-17-5-2/h21H,4-20H2,1-3H3. The molecule has 0 saturated heterocycles. The van der Waals surface area contributed by atoms with Crippen LogP contribution in [0.5, 0.6) is 0 Å². The third kappa shape index (κ3) is 18.2. The molecule has 0 aromatic carbocycles. The number of hydrogen-bond donors (Lipinski definition) is 0. The van der Waals surface area contributed by atoms with Crippen LogP contribution in [0.25, 0.3) is 0 Å². The quantitative estimate of drug-likeness (QED) is 0.253. The van der Waals surface area contributed by atoms with Crippen molar-refractivity contribution in [2.45, 2.75) is 91.4 Å². The molecule has 146 valence electrons. The summed E-state index contributed by atoms with van der Waals surface area (Å²) in [5.74, 6) is 0.879. The molecular formula is C21H44O3. The Kier molecular flexibility index (Phi) is 20.8. The molecule has 3 nitrogen and oxygen atoms in total. The maximum absolute atomic E-state index is 5.59. The lowest BCUT2D eigenvalue weighted by atomic mass is 9.91. The van der Waals surface area contributed by atoms with Gasteiger partial charge in [0.1, 0.15) is 0 Å². The van der Waals surface area contributed by atoms with Gasteiger partial charge < -0.3 is 14.2 Å². The molecule has 24 heavy (non-hydrogen) atoms. The van der Waals surface area contributed by atoms with Gasteiger partial charge in [-0.2, -0.15) is 0 Å². The molecule has 0 spiro atoms. The zero-order valence-electron chi connectivity index (χ0n) is 16.8. The third-order valence-corrected chi connectivity index (χ3v) is 4.35. The Balaban J connectivity index is 3.74. The molecule has 0 fully saturated rings. The van der Waals surface area contributed by atoms with Gasteiger partial charge in [-0.05, 0) is 44.9 Å². The minimum absolute atomic E-state index is 0.846. The summed E-state index contributed by atoms with van der Waals surface area (Å²) in [6, 6.07) is 0. The lowest BCUT2D eigenvalue weighted by Crippen LogP contribution is -2.05. The van der Waals surface area contributed by atoms with Gasteiger partial charge >= 0.3 is 0 Å². The van der Waals surface area contributed by atoms with E-state index in [9.17, 15) is 0 Å². The van der Waals surface area contributed by atoms with Crippen molar-refractivity contribution in [3.05, 3.63) is 0 Å². The number of unbranched alkanes of at least 4 members (excludes halogenated alkanes) is 3. The van der Waals surface area contributed by atoms with Gasteiger partial charge in [0.05, 0.1) is 0 Å². The van der Waals surface area contributed by atoms with Gasteiger partial charge in [0.15, 0.2) is 0 Å². The van der Waals surface area contributed by atoms with Crippen LogP contribution in [-0.2, 0) is 14.2 Å². The van der Waals surface area contributed by atoms with E-state index in [1.54, 1.807) is 0 Å². The highest BCUT2D eigenvalue weighted by atomic mass is 16.5. The van der Waals surface area contributed by atoms with E-state index in [0.29, 0.717) is 0 Å². The fraction of sp³-hybridized carbons (Fsp3) is 1.00. The van der Waals surface area contributed by atoms with Crippen molar-refractivity contribution >= 4 is 0 Å². The highest BCUT2D eigenvalue weighted by molar-refractivity contribution is 4.61. The monoisotopic (exact) mass is 344 g/mol. The molecule has 3 heteroatoms. The topological polar surface area (TPSA) is 27.7 Å². The maximum atomic E-state index is 5.59. The predicted molar refractivity (Wildman–Crippen MR) is 104 cm³/mol. The normalized spacial score (nSPS) is 11.5. The van der Waals surface area contributed by atoms with Gasteiger partial charge in [-0.25, -0.2) is 0 Å². The van der Waals surface area contributed by atoms with Crippen LogP contribution in [0.2, 0.25) is 0 Å². The zero-order valence-corrected chi connectivity index (χ0v) is 16.8. The van der Waals surface area contributed by atoms with E-state index in [1.807, 2.05) is 0 Å². The smallest absolute Gasteiger partial charge is 0.0466 e. The summed E-state index contributed by atoms with van der Waals surface area (Å²) < 4.78 is 16.6. The molecule has 0 aromatic rings. The average molecular weight is 345 g/mol. The predicted octanol–water partition coefficient (Wildman–Crippen LogP) is 6.00. The summed E-state index contributed by atoms with van der Waals surface area (Å²) in [5, 5.41) is 0. The van der Waals surface area contributed by atoms with Gasteiger partial charge in [0.2, 0.25) is 0 Å². The Morgan fingerprint density at radius 3 is 1.29 bits per heavy atom. The lowest BCUT2D eigenvalue weighted by Gasteiger charge is -2.17. The van der Waals surface area contributed by atoms with Gasteiger partial charge in [0, 0.05) is 39.6 Å². The number of hydrogen-bond acceptors (Lipinski definition) is 3. The van der Waals surface area contributed by atoms with Gasteiger partial charge in [-0.15, -0.1) is 0 Å². The van der Waals surface area contributed by atoms with Crippen molar-refractivity contribution in [3.8, 4) is 0 Å². The highest BCUT2D eigenvalue weighted by Gasteiger charge is 2.08. The lowest BCUT2D eigenvalue weighted by molar-refractivity contribution is 0.125. The van der Waals surface area contributed by atoms with Crippen LogP contribution in [0, 0.1) is 5.92 Å². The minimum atomic E-state index is 0.846. The van der Waals surface area contributed by atoms with E-state index in [0.717, 1.165) is 58.4 Å². The fourth-order valence-electron chi connectivity index (χ4n) is 2.98. The summed E-state index contributed by atoms with van der Waals surface area (Å²) in [6.45, 7) is 11.9. The Bertz CT molecular complexity index is 205. The summed E-state index contributed by atoms with van der Waals surface area (Å²) in [7, 11) is 0. The first-order chi connectivity index (χ1) is 11.8. The third-order valence-electron chi connectivity index (χ3n) is 4.35. The average Bonchev–Trinajstić information content (AvgIpc) is 2.60. The minimum Gasteiger partial charge on any atom is -0.382 e. The van der Waals surface area contributed by atoms with E-state index in [2.05, 4.69) is 20.8 Å². The Labute approximate surface area is 151 Å². The molecule has 0 saturated carbocycles. The van der Waals surface area contributed by atoms with Gasteiger partial charge in [-0.1, -0.05) is 52.4 Å². The van der Waals surface area contributed by atoms with Crippen molar-refractivity contribution in [3.63, 3.8) is 0 Å². The van der Waals surface area contributed by atoms with E-state index >= 15 is 0 Å². The molecule has 0 aliphatic carbocycles. The number of ether oxygens (including phenoxy) is 3. The molecule has 0 heterocycles. The first-order valence-corrected chi connectivity index (χ1v) is 10.6. The molecule has 0 aliphatic rings. The first-order valence-electron chi connectivity index (χ1n) is 10.6. The Hall–Kier alpha value is -0.120. The molecule has 0 aliphatic heterocycles. The van der Waals surface area contributed by atoms with Crippen molar-refractivity contribution in [1.29, 1.82) is 0 Å². The summed E-state index contributed by atoms with van der Waals surface area (Å²) in [6.07, 6.45) is 13.9. The second-order valence-electron chi connectivity index (χ2n) is 6.78. The molecule has 0 unspecified atom stereocenters. The molecule has 0 amide bonds. The van der Waals surface area contributed by atoms with Gasteiger partial charge in [-0.3, -0.25) is 0 Å². The zero-order chi connectivity index (χ0) is 17.7. The van der Waals surface area contributed by atoms with E-state index in [-0.39, 0.29) is 0 Å². The van der Waals surface area contributed by atoms with Crippen LogP contribution in [0.15, 0.2) is 0 Å². The Morgan fingerprint density at radius 2 is 0.917 bits per heavy atom. The Morgan fingerprint density at radius 1 is 0.500 bits per heavy atom. The van der Waals surface area contributed by atoms with Crippen molar-refractivity contribution in [1.82, 2.24) is 0 Å². The molecule has 0 aromatic heterocycles. The van der Waals surface area contributed by atoms with Crippen molar-refractivity contribution in [2.24, 2.45) is 5.92 Å². The first kappa shape index (κ1) is 23.9. The van der Waals surface area contributed by atoms with Crippen molar-refractivity contribution in [2.75, 3.05) is 39.6 Å². The molecular weight excluding hydrogens is 300 g/mol. The highest BCUT2D eigenvalue weighted by Crippen LogP contribution is 2.22. The van der Waals surface area contributed by atoms with Crippen LogP contribution in [-0.4, -0.2) is 39.6 Å². The van der Waals surface area contributed by atoms with E-state index in [1.165, 1.54) is 57.8 Å². The molecule has 0 rings (SSSR count). The molecule has 0 N–H and O–H groups in total. The summed E-state index contributed by atoms with van der Waals surface area (Å²) in [5.41, 5.74) is 0. The summed E-state index contributed by atoms with van der Waals surface area (Å²) >= 11 is 0. The van der Waals surface area contributed by atoms with Crippen molar-refractivity contribution < 1.29 is 14.2 Å². The second-order valence-corrected chi connectivity index (χ2v) is 6.78. The van der Waals surface area contributed by atoms with Crippen LogP contribution >= 0.6 is 0 Å². The largest absolute Gasteiger partial charge is 0.382 e. The van der Waals surface area contributed by atoms with Crippen LogP contribution in [0.1, 0.15) is 91.4 Å². The maximum Gasteiger partial charge on any atom is 0.0466 e. The van der Waals surface area contributed by atoms with E-state index < -0.39 is 0 Å². The molecule has 0 radical (unpaired) electrons. The number of rotatable bonds is 20. The molecule has 0 atom stereocenters. The second kappa shape index (κ2) is 20.9. The van der Waals surface area contributed by atoms with Crippen LogP contribution in [0.3, 0.4) is 0 Å². The van der Waals surface area contributed by atoms with E-state index in [4.69, 9.17) is 14.2 Å². The molecule has 0 bridgehead atoms. The fourth-order valence-corrected chi connectivity index (χ4v) is 2.98. The van der Waals surface area contributed by atoms with Crippen LogP contribution < -0.4 is 0 Å². The van der Waals surface area contributed by atoms with Crippen LogP contribution in [0.4, 0.5) is 0 Å². The SMILES string of the molecule is CCCOCCCCC(CCCCOCC)CCCCOCCC.